The minimum atomic E-state index is -0.601. The summed E-state index contributed by atoms with van der Waals surface area (Å²) in [6.07, 6.45) is 9.14. The van der Waals surface area contributed by atoms with Crippen LogP contribution in [-0.4, -0.2) is 23.2 Å². The molecule has 2 atom stereocenters. The Hall–Kier alpha value is -0.570. The first kappa shape index (κ1) is 12.9. The van der Waals surface area contributed by atoms with Crippen molar-refractivity contribution in [3.63, 3.8) is 0 Å². The Labute approximate surface area is 104 Å². The first-order valence-corrected chi connectivity index (χ1v) is 7.19. The Balaban J connectivity index is 1.76. The largest absolute Gasteiger partial charge is 0.481 e. The minimum absolute atomic E-state index is 0.0846. The summed E-state index contributed by atoms with van der Waals surface area (Å²) in [5, 5.41) is 12.8. The van der Waals surface area contributed by atoms with E-state index in [1.165, 1.54) is 25.7 Å². The Morgan fingerprint density at radius 1 is 1.18 bits per heavy atom. The van der Waals surface area contributed by atoms with Crippen LogP contribution >= 0.6 is 0 Å². The van der Waals surface area contributed by atoms with Gasteiger partial charge in [0.05, 0.1) is 5.92 Å². The van der Waals surface area contributed by atoms with Gasteiger partial charge in [0.1, 0.15) is 0 Å². The van der Waals surface area contributed by atoms with Gasteiger partial charge in [-0.3, -0.25) is 4.79 Å². The van der Waals surface area contributed by atoms with Crippen molar-refractivity contribution < 1.29 is 9.90 Å². The van der Waals surface area contributed by atoms with Gasteiger partial charge in [-0.05, 0) is 44.4 Å². The van der Waals surface area contributed by atoms with Gasteiger partial charge >= 0.3 is 5.97 Å². The highest BCUT2D eigenvalue weighted by molar-refractivity contribution is 5.70. The minimum Gasteiger partial charge on any atom is -0.481 e. The molecule has 3 nitrogen and oxygen atoms in total. The van der Waals surface area contributed by atoms with E-state index >= 15 is 0 Å². The van der Waals surface area contributed by atoms with Gasteiger partial charge in [0.15, 0.2) is 0 Å². The second-order valence-corrected chi connectivity index (χ2v) is 5.76. The van der Waals surface area contributed by atoms with Crippen molar-refractivity contribution in [2.75, 3.05) is 0 Å². The molecule has 17 heavy (non-hydrogen) atoms. The zero-order valence-corrected chi connectivity index (χ0v) is 10.8. The molecular formula is C14H25NO2. The van der Waals surface area contributed by atoms with E-state index in [9.17, 15) is 4.79 Å². The second-order valence-electron chi connectivity index (χ2n) is 5.76. The second kappa shape index (κ2) is 5.85. The van der Waals surface area contributed by atoms with E-state index in [2.05, 4.69) is 12.2 Å². The normalized spacial score (nSPS) is 38.2. The average Bonchev–Trinajstić information content (AvgIpc) is 2.77. The number of nitrogens with one attached hydrogen (secondary N) is 1. The maximum atomic E-state index is 10.9. The molecule has 98 valence electrons. The van der Waals surface area contributed by atoms with Crippen LogP contribution in [0.3, 0.4) is 0 Å². The lowest BCUT2D eigenvalue weighted by Gasteiger charge is -2.31. The van der Waals surface area contributed by atoms with Crippen molar-refractivity contribution in [2.45, 2.75) is 70.4 Å². The fraction of sp³-hybridized carbons (Fsp3) is 0.929. The molecule has 2 rings (SSSR count). The van der Waals surface area contributed by atoms with Gasteiger partial charge in [0.2, 0.25) is 0 Å². The van der Waals surface area contributed by atoms with E-state index in [-0.39, 0.29) is 5.92 Å². The third-order valence-corrected chi connectivity index (χ3v) is 4.71. The fourth-order valence-electron chi connectivity index (χ4n) is 3.55. The first-order chi connectivity index (χ1) is 8.20. The number of hydrogen-bond donors (Lipinski definition) is 2. The van der Waals surface area contributed by atoms with Crippen LogP contribution in [0.5, 0.6) is 0 Å². The van der Waals surface area contributed by atoms with Crippen LogP contribution < -0.4 is 5.32 Å². The molecule has 3 heteroatoms. The molecule has 0 spiro atoms. The molecule has 0 aromatic heterocycles. The molecule has 0 radical (unpaired) electrons. The molecule has 0 aromatic carbocycles. The maximum absolute atomic E-state index is 10.9. The van der Waals surface area contributed by atoms with Gasteiger partial charge in [-0.1, -0.05) is 19.8 Å². The standard InChI is InChI=1S/C14H25NO2/c1-2-10-4-3-5-13(10)15-12-8-6-11(7-9-12)14(16)17/h10-13,15H,2-9H2,1H3,(H,16,17). The van der Waals surface area contributed by atoms with Crippen LogP contribution in [0.15, 0.2) is 0 Å². The van der Waals surface area contributed by atoms with Gasteiger partial charge in [-0.25, -0.2) is 0 Å². The zero-order valence-electron chi connectivity index (χ0n) is 10.8. The average molecular weight is 239 g/mol. The lowest BCUT2D eigenvalue weighted by Crippen LogP contribution is -2.42. The molecule has 0 bridgehead atoms. The SMILES string of the molecule is CCC1CCCC1NC1CCC(C(=O)O)CC1. The van der Waals surface area contributed by atoms with Gasteiger partial charge in [-0.2, -0.15) is 0 Å². The highest BCUT2D eigenvalue weighted by Gasteiger charge is 2.31. The van der Waals surface area contributed by atoms with Gasteiger partial charge in [0.25, 0.3) is 0 Å². The van der Waals surface area contributed by atoms with E-state index in [4.69, 9.17) is 5.11 Å². The first-order valence-electron chi connectivity index (χ1n) is 7.19. The van der Waals surface area contributed by atoms with Gasteiger partial charge < -0.3 is 10.4 Å². The molecule has 2 fully saturated rings. The number of hydrogen-bond acceptors (Lipinski definition) is 2. The van der Waals surface area contributed by atoms with E-state index in [0.29, 0.717) is 12.1 Å². The van der Waals surface area contributed by atoms with Crippen molar-refractivity contribution in [1.82, 2.24) is 5.32 Å². The molecule has 0 aromatic rings. The summed E-state index contributed by atoms with van der Waals surface area (Å²) in [6.45, 7) is 2.28. The highest BCUT2D eigenvalue weighted by atomic mass is 16.4. The maximum Gasteiger partial charge on any atom is 0.306 e. The molecule has 2 N–H and O–H groups in total. The van der Waals surface area contributed by atoms with E-state index in [1.807, 2.05) is 0 Å². The van der Waals surface area contributed by atoms with Gasteiger partial charge in [0, 0.05) is 12.1 Å². The van der Waals surface area contributed by atoms with E-state index in [1.54, 1.807) is 0 Å². The molecule has 2 aliphatic rings. The molecule has 2 saturated carbocycles. The lowest BCUT2D eigenvalue weighted by molar-refractivity contribution is -0.142. The quantitative estimate of drug-likeness (QED) is 0.793. The van der Waals surface area contributed by atoms with Crippen LogP contribution in [-0.2, 0) is 4.79 Å². The van der Waals surface area contributed by atoms with E-state index in [0.717, 1.165) is 31.6 Å². The smallest absolute Gasteiger partial charge is 0.306 e. The summed E-state index contributed by atoms with van der Waals surface area (Å²) in [4.78, 5) is 10.9. The van der Waals surface area contributed by atoms with Crippen LogP contribution in [0, 0.1) is 11.8 Å². The van der Waals surface area contributed by atoms with Crippen LogP contribution in [0.4, 0.5) is 0 Å². The molecule has 0 aliphatic heterocycles. The van der Waals surface area contributed by atoms with Crippen molar-refractivity contribution in [1.29, 1.82) is 0 Å². The van der Waals surface area contributed by atoms with Crippen molar-refractivity contribution in [3.8, 4) is 0 Å². The summed E-state index contributed by atoms with van der Waals surface area (Å²) >= 11 is 0. The Bertz CT molecular complexity index is 259. The predicted octanol–water partition coefficient (Wildman–Crippen LogP) is 2.80. The number of rotatable bonds is 4. The molecular weight excluding hydrogens is 214 g/mol. The number of carboxylic acid groups (broad SMARTS) is 1. The topological polar surface area (TPSA) is 49.3 Å². The molecule has 2 unspecified atom stereocenters. The number of carbonyl (C=O) groups is 1. The zero-order chi connectivity index (χ0) is 12.3. The molecule has 0 amide bonds. The van der Waals surface area contributed by atoms with Gasteiger partial charge in [-0.15, -0.1) is 0 Å². The fourth-order valence-corrected chi connectivity index (χ4v) is 3.55. The monoisotopic (exact) mass is 239 g/mol. The summed E-state index contributed by atoms with van der Waals surface area (Å²) < 4.78 is 0. The lowest BCUT2D eigenvalue weighted by atomic mass is 9.85. The van der Waals surface area contributed by atoms with Crippen molar-refractivity contribution in [2.24, 2.45) is 11.8 Å². The molecule has 2 aliphatic carbocycles. The van der Waals surface area contributed by atoms with Crippen molar-refractivity contribution in [3.05, 3.63) is 0 Å². The Morgan fingerprint density at radius 3 is 2.47 bits per heavy atom. The number of carboxylic acids is 1. The third-order valence-electron chi connectivity index (χ3n) is 4.71. The third kappa shape index (κ3) is 3.21. The Morgan fingerprint density at radius 2 is 1.88 bits per heavy atom. The summed E-state index contributed by atoms with van der Waals surface area (Å²) in [5.41, 5.74) is 0. The predicted molar refractivity (Wildman–Crippen MR) is 67.9 cm³/mol. The highest BCUT2D eigenvalue weighted by Crippen LogP contribution is 2.31. The summed E-state index contributed by atoms with van der Waals surface area (Å²) in [6, 6.07) is 1.27. The summed E-state index contributed by atoms with van der Waals surface area (Å²) in [7, 11) is 0. The van der Waals surface area contributed by atoms with E-state index < -0.39 is 5.97 Å². The Kier molecular flexibility index (Phi) is 4.43. The number of aliphatic carboxylic acids is 1. The van der Waals surface area contributed by atoms with Crippen LogP contribution in [0.1, 0.15) is 58.3 Å². The van der Waals surface area contributed by atoms with Crippen molar-refractivity contribution >= 4 is 5.97 Å². The van der Waals surface area contributed by atoms with Crippen LogP contribution in [0.25, 0.3) is 0 Å². The molecule has 0 saturated heterocycles. The van der Waals surface area contributed by atoms with Crippen LogP contribution in [0.2, 0.25) is 0 Å². The summed E-state index contributed by atoms with van der Waals surface area (Å²) in [5.74, 6) is 0.168. The molecule has 0 heterocycles.